The maximum absolute atomic E-state index is 13.2. The number of hydrogen-bond donors (Lipinski definition) is 2. The summed E-state index contributed by atoms with van der Waals surface area (Å²) in [5.41, 5.74) is -1.35. The molecule has 1 aliphatic heterocycles. The average Bonchev–Trinajstić information content (AvgIpc) is 2.68. The molecule has 0 aliphatic carbocycles. The van der Waals surface area contributed by atoms with Gasteiger partial charge in [-0.1, -0.05) is 12.1 Å². The van der Waals surface area contributed by atoms with E-state index in [1.54, 1.807) is 0 Å². The number of benzene rings is 2. The zero-order valence-corrected chi connectivity index (χ0v) is 15.8. The van der Waals surface area contributed by atoms with Gasteiger partial charge in [0.05, 0.1) is 11.1 Å². The Hall–Kier alpha value is -3.37. The summed E-state index contributed by atoms with van der Waals surface area (Å²) in [5.74, 6) is -2.24. The lowest BCUT2D eigenvalue weighted by atomic mass is 10.0. The first-order valence-corrected chi connectivity index (χ1v) is 9.14. The van der Waals surface area contributed by atoms with Crippen molar-refractivity contribution in [3.8, 4) is 17.2 Å². The maximum Gasteiger partial charge on any atom is 0.416 e. The Balaban J connectivity index is 1.93. The fraction of sp³-hybridized carbons (Fsp3) is 0.300. The van der Waals surface area contributed by atoms with Gasteiger partial charge < -0.3 is 20.1 Å². The first kappa shape index (κ1) is 22.3. The maximum atomic E-state index is 13.2. The standard InChI is InChI=1S/C20H17F5N2O4/c21-19(22)31-15-4-2-1-3-14(15)30-16-9-11(20(23,24)25)5-6-13(16)18(29)27-12-7-8-26-17(28)10-12/h1-6,9,12,19H,7-8,10H2,(H,26,28)(H,27,29). The normalized spacial score (nSPS) is 16.6. The molecule has 1 aliphatic rings. The molecule has 1 atom stereocenters. The van der Waals surface area contributed by atoms with E-state index in [0.717, 1.165) is 12.1 Å². The van der Waals surface area contributed by atoms with E-state index in [1.807, 2.05) is 0 Å². The van der Waals surface area contributed by atoms with Crippen molar-refractivity contribution in [3.63, 3.8) is 0 Å². The number of piperidine rings is 1. The Morgan fingerprint density at radius 2 is 1.81 bits per heavy atom. The van der Waals surface area contributed by atoms with Crippen molar-refractivity contribution in [2.24, 2.45) is 0 Å². The number of halogens is 5. The van der Waals surface area contributed by atoms with Crippen molar-refractivity contribution in [1.82, 2.24) is 10.6 Å². The molecule has 11 heteroatoms. The fourth-order valence-electron chi connectivity index (χ4n) is 2.99. The fourth-order valence-corrected chi connectivity index (χ4v) is 2.99. The lowest BCUT2D eigenvalue weighted by molar-refractivity contribution is -0.137. The molecule has 0 radical (unpaired) electrons. The minimum Gasteiger partial charge on any atom is -0.453 e. The summed E-state index contributed by atoms with van der Waals surface area (Å²) in [4.78, 5) is 24.2. The Morgan fingerprint density at radius 1 is 1.10 bits per heavy atom. The molecule has 166 valence electrons. The number of carbonyl (C=O) groups excluding carboxylic acids is 2. The van der Waals surface area contributed by atoms with Gasteiger partial charge in [-0.25, -0.2) is 0 Å². The van der Waals surface area contributed by atoms with Crippen LogP contribution in [0.5, 0.6) is 17.2 Å². The van der Waals surface area contributed by atoms with E-state index >= 15 is 0 Å². The number of rotatable bonds is 6. The smallest absolute Gasteiger partial charge is 0.416 e. The minimum absolute atomic E-state index is 0.0215. The SMILES string of the molecule is O=C1CC(NC(=O)c2ccc(C(F)(F)F)cc2Oc2ccccc2OC(F)F)CCN1. The molecule has 2 N–H and O–H groups in total. The van der Waals surface area contributed by atoms with Crippen molar-refractivity contribution >= 4 is 11.8 Å². The molecule has 2 aromatic rings. The second-order valence-corrected chi connectivity index (χ2v) is 6.65. The molecule has 1 fully saturated rings. The zero-order chi connectivity index (χ0) is 22.6. The van der Waals surface area contributed by atoms with Crippen molar-refractivity contribution in [2.75, 3.05) is 6.54 Å². The lowest BCUT2D eigenvalue weighted by Crippen LogP contribution is -2.45. The molecule has 0 aromatic heterocycles. The number of carbonyl (C=O) groups is 2. The molecule has 0 saturated carbocycles. The van der Waals surface area contributed by atoms with Crippen LogP contribution in [-0.2, 0) is 11.0 Å². The van der Waals surface area contributed by atoms with E-state index < -0.39 is 41.8 Å². The van der Waals surface area contributed by atoms with Gasteiger partial charge >= 0.3 is 12.8 Å². The van der Waals surface area contributed by atoms with Crippen LogP contribution in [0, 0.1) is 0 Å². The Morgan fingerprint density at radius 3 is 2.45 bits per heavy atom. The van der Waals surface area contributed by atoms with Crippen LogP contribution in [0.3, 0.4) is 0 Å². The molecule has 2 aromatic carbocycles. The third-order valence-electron chi connectivity index (χ3n) is 4.42. The Bertz CT molecular complexity index is 965. The van der Waals surface area contributed by atoms with Crippen molar-refractivity contribution < 1.29 is 41.0 Å². The number of ether oxygens (including phenoxy) is 2. The average molecular weight is 444 g/mol. The Kier molecular flexibility index (Phi) is 6.62. The topological polar surface area (TPSA) is 76.7 Å². The monoisotopic (exact) mass is 444 g/mol. The van der Waals surface area contributed by atoms with Gasteiger partial charge in [-0.05, 0) is 36.8 Å². The summed E-state index contributed by atoms with van der Waals surface area (Å²) in [6.07, 6.45) is -4.26. The molecule has 2 amide bonds. The molecular weight excluding hydrogens is 427 g/mol. The van der Waals surface area contributed by atoms with E-state index in [-0.39, 0.29) is 23.6 Å². The summed E-state index contributed by atoms with van der Waals surface area (Å²) >= 11 is 0. The van der Waals surface area contributed by atoms with Gasteiger partial charge in [-0.15, -0.1) is 0 Å². The summed E-state index contributed by atoms with van der Waals surface area (Å²) in [7, 11) is 0. The summed E-state index contributed by atoms with van der Waals surface area (Å²) in [5, 5.41) is 5.18. The molecule has 1 unspecified atom stereocenters. The quantitative estimate of drug-likeness (QED) is 0.658. The van der Waals surface area contributed by atoms with Gasteiger partial charge in [0.15, 0.2) is 11.5 Å². The number of para-hydroxylation sites is 2. The minimum atomic E-state index is -4.73. The van der Waals surface area contributed by atoms with Gasteiger partial charge in [0.1, 0.15) is 5.75 Å². The van der Waals surface area contributed by atoms with Crippen LogP contribution in [0.2, 0.25) is 0 Å². The first-order valence-electron chi connectivity index (χ1n) is 9.14. The van der Waals surface area contributed by atoms with Gasteiger partial charge in [0.2, 0.25) is 5.91 Å². The van der Waals surface area contributed by atoms with Crippen LogP contribution in [0.25, 0.3) is 0 Å². The molecule has 1 saturated heterocycles. The third kappa shape index (κ3) is 5.83. The highest BCUT2D eigenvalue weighted by molar-refractivity contribution is 5.97. The summed E-state index contributed by atoms with van der Waals surface area (Å²) < 4.78 is 74.6. The van der Waals surface area contributed by atoms with Crippen LogP contribution < -0.4 is 20.1 Å². The number of hydrogen-bond acceptors (Lipinski definition) is 4. The van der Waals surface area contributed by atoms with E-state index in [9.17, 15) is 31.5 Å². The molecule has 0 spiro atoms. The number of nitrogens with one attached hydrogen (secondary N) is 2. The highest BCUT2D eigenvalue weighted by Gasteiger charge is 2.32. The Labute approximate surface area is 173 Å². The molecule has 31 heavy (non-hydrogen) atoms. The molecule has 1 heterocycles. The van der Waals surface area contributed by atoms with Crippen LogP contribution >= 0.6 is 0 Å². The van der Waals surface area contributed by atoms with Gasteiger partial charge in [-0.2, -0.15) is 22.0 Å². The predicted octanol–water partition coefficient (Wildman–Crippen LogP) is 4.11. The highest BCUT2D eigenvalue weighted by atomic mass is 19.4. The molecule has 3 rings (SSSR count). The second kappa shape index (κ2) is 9.19. The van der Waals surface area contributed by atoms with Gasteiger partial charge in [0, 0.05) is 19.0 Å². The molecular formula is C20H17F5N2O4. The van der Waals surface area contributed by atoms with E-state index in [1.165, 1.54) is 18.2 Å². The summed E-state index contributed by atoms with van der Waals surface area (Å²) in [6, 6.07) is 6.86. The van der Waals surface area contributed by atoms with E-state index in [0.29, 0.717) is 25.1 Å². The number of amides is 2. The second-order valence-electron chi connectivity index (χ2n) is 6.65. The van der Waals surface area contributed by atoms with Crippen molar-refractivity contribution in [3.05, 3.63) is 53.6 Å². The predicted molar refractivity (Wildman–Crippen MR) is 98.1 cm³/mol. The van der Waals surface area contributed by atoms with E-state index in [2.05, 4.69) is 15.4 Å². The van der Waals surface area contributed by atoms with Gasteiger partial charge in [-0.3, -0.25) is 9.59 Å². The number of alkyl halides is 5. The van der Waals surface area contributed by atoms with Crippen LogP contribution in [0.4, 0.5) is 22.0 Å². The van der Waals surface area contributed by atoms with Gasteiger partial charge in [0.25, 0.3) is 5.91 Å². The molecule has 6 nitrogen and oxygen atoms in total. The third-order valence-corrected chi connectivity index (χ3v) is 4.42. The summed E-state index contributed by atoms with van der Waals surface area (Å²) in [6.45, 7) is -2.84. The highest BCUT2D eigenvalue weighted by Crippen LogP contribution is 2.38. The van der Waals surface area contributed by atoms with Crippen molar-refractivity contribution in [1.29, 1.82) is 0 Å². The zero-order valence-electron chi connectivity index (χ0n) is 15.8. The van der Waals surface area contributed by atoms with Crippen molar-refractivity contribution in [2.45, 2.75) is 31.7 Å². The molecule has 0 bridgehead atoms. The van der Waals surface area contributed by atoms with E-state index in [4.69, 9.17) is 4.74 Å². The first-order chi connectivity index (χ1) is 14.6. The van der Waals surface area contributed by atoms with Crippen LogP contribution in [0.15, 0.2) is 42.5 Å². The van der Waals surface area contributed by atoms with Crippen LogP contribution in [-0.4, -0.2) is 31.0 Å². The largest absolute Gasteiger partial charge is 0.453 e. The lowest BCUT2D eigenvalue weighted by Gasteiger charge is -2.24. The van der Waals surface area contributed by atoms with Crippen LogP contribution in [0.1, 0.15) is 28.8 Å².